The van der Waals surface area contributed by atoms with Gasteiger partial charge in [0.2, 0.25) is 0 Å². The van der Waals surface area contributed by atoms with Crippen LogP contribution in [-0.2, 0) is 9.31 Å². The summed E-state index contributed by atoms with van der Waals surface area (Å²) in [5.74, 6) is 0. The lowest BCUT2D eigenvalue weighted by Crippen LogP contribution is -2.41. The Morgan fingerprint density at radius 2 is 1.85 bits per heavy atom. The van der Waals surface area contributed by atoms with Crippen LogP contribution in [0.25, 0.3) is 0 Å². The first-order valence-electron chi connectivity index (χ1n) is 9.55. The SMILES string of the molecule is CC1(C)OB(C2=CC3=C(CC2)C2=CNCCC2N3CC(F)(F)F)OC1(C)C. The Hall–Kier alpha value is -1.41. The van der Waals surface area contributed by atoms with E-state index in [9.17, 15) is 13.2 Å². The average molecular weight is 382 g/mol. The second-order valence-electron chi connectivity index (χ2n) is 8.77. The third kappa shape index (κ3) is 3.20. The zero-order valence-electron chi connectivity index (χ0n) is 16.2. The van der Waals surface area contributed by atoms with Crippen molar-refractivity contribution in [1.82, 2.24) is 10.2 Å². The smallest absolute Gasteiger partial charge is 0.400 e. The van der Waals surface area contributed by atoms with Crippen LogP contribution in [-0.4, -0.2) is 48.5 Å². The topological polar surface area (TPSA) is 33.7 Å². The Morgan fingerprint density at radius 3 is 2.48 bits per heavy atom. The maximum Gasteiger partial charge on any atom is 0.490 e. The molecule has 1 N–H and O–H groups in total. The van der Waals surface area contributed by atoms with Gasteiger partial charge < -0.3 is 19.5 Å². The molecule has 0 spiro atoms. The highest BCUT2D eigenvalue weighted by molar-refractivity contribution is 6.54. The highest BCUT2D eigenvalue weighted by Crippen LogP contribution is 2.46. The fraction of sp³-hybridized carbons (Fsp3) is 0.684. The molecule has 1 atom stereocenters. The molecule has 4 aliphatic rings. The molecular formula is C19H26BF3N2O2. The molecule has 0 aromatic rings. The van der Waals surface area contributed by atoms with Gasteiger partial charge in [-0.2, -0.15) is 13.2 Å². The molecule has 8 heteroatoms. The van der Waals surface area contributed by atoms with Crippen LogP contribution in [0.15, 0.2) is 34.6 Å². The van der Waals surface area contributed by atoms with Gasteiger partial charge in [-0.1, -0.05) is 0 Å². The van der Waals surface area contributed by atoms with Gasteiger partial charge in [-0.15, -0.1) is 0 Å². The van der Waals surface area contributed by atoms with E-state index in [0.717, 1.165) is 23.0 Å². The molecule has 0 amide bonds. The van der Waals surface area contributed by atoms with Crippen molar-refractivity contribution in [1.29, 1.82) is 0 Å². The number of hydrogen-bond donors (Lipinski definition) is 1. The number of halogens is 3. The number of hydrogen-bond acceptors (Lipinski definition) is 4. The van der Waals surface area contributed by atoms with Crippen LogP contribution in [0.4, 0.5) is 13.2 Å². The standard InChI is InChI=1S/C19H26BF3N2O2/c1-17(2)18(3,4)27-20(26-17)12-5-6-13-14-10-24-8-7-15(14)25(16(13)9-12)11-19(21,22)23/h9-10,15,24H,5-8,11H2,1-4H3. The van der Waals surface area contributed by atoms with Gasteiger partial charge in [0.25, 0.3) is 0 Å². The van der Waals surface area contributed by atoms with E-state index in [2.05, 4.69) is 5.32 Å². The molecule has 1 fully saturated rings. The van der Waals surface area contributed by atoms with E-state index in [1.54, 1.807) is 0 Å². The zero-order chi connectivity index (χ0) is 19.6. The minimum atomic E-state index is -4.24. The van der Waals surface area contributed by atoms with E-state index >= 15 is 0 Å². The monoisotopic (exact) mass is 382 g/mol. The van der Waals surface area contributed by atoms with Crippen molar-refractivity contribution in [3.63, 3.8) is 0 Å². The predicted molar refractivity (Wildman–Crippen MR) is 97.7 cm³/mol. The van der Waals surface area contributed by atoms with Gasteiger partial charge in [0, 0.05) is 18.4 Å². The number of fused-ring (bicyclic) bond motifs is 2. The van der Waals surface area contributed by atoms with Crippen LogP contribution >= 0.6 is 0 Å². The molecule has 3 heterocycles. The van der Waals surface area contributed by atoms with Crippen molar-refractivity contribution in [2.45, 2.75) is 70.4 Å². The van der Waals surface area contributed by atoms with Gasteiger partial charge in [0.1, 0.15) is 6.54 Å². The van der Waals surface area contributed by atoms with Gasteiger partial charge >= 0.3 is 13.3 Å². The van der Waals surface area contributed by atoms with Crippen LogP contribution in [0.3, 0.4) is 0 Å². The Labute approximate surface area is 158 Å². The zero-order valence-corrected chi connectivity index (χ0v) is 16.2. The lowest BCUT2D eigenvalue weighted by Gasteiger charge is -2.32. The van der Waals surface area contributed by atoms with Gasteiger partial charge in [-0.3, -0.25) is 0 Å². The van der Waals surface area contributed by atoms with Crippen LogP contribution in [0, 0.1) is 0 Å². The summed E-state index contributed by atoms with van der Waals surface area (Å²) in [5, 5.41) is 3.19. The molecule has 1 saturated heterocycles. The summed E-state index contributed by atoms with van der Waals surface area (Å²) >= 11 is 0. The maximum absolute atomic E-state index is 13.3. The molecule has 27 heavy (non-hydrogen) atoms. The minimum Gasteiger partial charge on any atom is -0.400 e. The third-order valence-corrected chi connectivity index (χ3v) is 6.41. The van der Waals surface area contributed by atoms with Crippen LogP contribution in [0.5, 0.6) is 0 Å². The van der Waals surface area contributed by atoms with E-state index < -0.39 is 31.0 Å². The number of allylic oxidation sites excluding steroid dienone is 2. The molecule has 4 nitrogen and oxygen atoms in total. The summed E-state index contributed by atoms with van der Waals surface area (Å²) in [6.45, 7) is 7.70. The second-order valence-corrected chi connectivity index (χ2v) is 8.77. The van der Waals surface area contributed by atoms with Crippen molar-refractivity contribution in [2.75, 3.05) is 13.1 Å². The van der Waals surface area contributed by atoms with Crippen molar-refractivity contribution >= 4 is 7.12 Å². The van der Waals surface area contributed by atoms with Crippen molar-refractivity contribution in [3.05, 3.63) is 34.6 Å². The highest BCUT2D eigenvalue weighted by Gasteiger charge is 2.53. The molecule has 3 aliphatic heterocycles. The largest absolute Gasteiger partial charge is 0.490 e. The quantitative estimate of drug-likeness (QED) is 0.739. The predicted octanol–water partition coefficient (Wildman–Crippen LogP) is 3.72. The molecule has 0 aromatic heterocycles. The van der Waals surface area contributed by atoms with E-state index in [1.165, 1.54) is 4.90 Å². The normalized spacial score (nSPS) is 29.2. The number of rotatable bonds is 2. The second kappa shape index (κ2) is 6.04. The number of nitrogens with one attached hydrogen (secondary N) is 1. The number of alkyl halides is 3. The molecular weight excluding hydrogens is 356 g/mol. The first-order chi connectivity index (χ1) is 12.5. The fourth-order valence-corrected chi connectivity index (χ4v) is 4.28. The summed E-state index contributed by atoms with van der Waals surface area (Å²) < 4.78 is 52.0. The Kier molecular flexibility index (Phi) is 4.24. The minimum absolute atomic E-state index is 0.202. The fourth-order valence-electron chi connectivity index (χ4n) is 4.28. The van der Waals surface area contributed by atoms with Gasteiger partial charge in [0.05, 0.1) is 17.2 Å². The van der Waals surface area contributed by atoms with Gasteiger partial charge in [-0.25, -0.2) is 0 Å². The van der Waals surface area contributed by atoms with E-state index in [4.69, 9.17) is 9.31 Å². The Bertz CT molecular complexity index is 724. The van der Waals surface area contributed by atoms with E-state index in [1.807, 2.05) is 40.0 Å². The summed E-state index contributed by atoms with van der Waals surface area (Å²) in [5.41, 5.74) is 2.71. The summed E-state index contributed by atoms with van der Waals surface area (Å²) in [4.78, 5) is 1.52. The first-order valence-corrected chi connectivity index (χ1v) is 9.55. The molecule has 0 aromatic carbocycles. The molecule has 4 rings (SSSR count). The molecule has 0 radical (unpaired) electrons. The summed E-state index contributed by atoms with van der Waals surface area (Å²) in [6.07, 6.45) is 1.66. The molecule has 148 valence electrons. The van der Waals surface area contributed by atoms with Crippen molar-refractivity contribution in [3.8, 4) is 0 Å². The third-order valence-electron chi connectivity index (χ3n) is 6.41. The van der Waals surface area contributed by atoms with Crippen LogP contribution in [0.2, 0.25) is 0 Å². The van der Waals surface area contributed by atoms with Crippen LogP contribution in [0.1, 0.15) is 47.0 Å². The average Bonchev–Trinajstić information content (AvgIpc) is 2.97. The van der Waals surface area contributed by atoms with Crippen molar-refractivity contribution in [2.24, 2.45) is 0 Å². The molecule has 1 unspecified atom stereocenters. The summed E-state index contributed by atoms with van der Waals surface area (Å²) in [7, 11) is -0.508. The lowest BCUT2D eigenvalue weighted by atomic mass is 9.72. The lowest BCUT2D eigenvalue weighted by molar-refractivity contribution is -0.143. The van der Waals surface area contributed by atoms with E-state index in [-0.39, 0.29) is 6.04 Å². The van der Waals surface area contributed by atoms with Crippen LogP contribution < -0.4 is 5.32 Å². The maximum atomic E-state index is 13.3. The Morgan fingerprint density at radius 1 is 1.19 bits per heavy atom. The molecule has 0 bridgehead atoms. The van der Waals surface area contributed by atoms with Crippen molar-refractivity contribution < 1.29 is 22.5 Å². The highest BCUT2D eigenvalue weighted by atomic mass is 19.4. The first kappa shape index (κ1) is 18.9. The number of nitrogens with zero attached hydrogens (tertiary/aromatic N) is 1. The molecule has 1 aliphatic carbocycles. The molecule has 0 saturated carbocycles. The summed E-state index contributed by atoms with van der Waals surface area (Å²) in [6, 6.07) is -0.202. The van der Waals surface area contributed by atoms with E-state index in [0.29, 0.717) is 25.1 Å². The Balaban J connectivity index is 1.67. The van der Waals surface area contributed by atoms with Gasteiger partial charge in [0.15, 0.2) is 0 Å². The van der Waals surface area contributed by atoms with Gasteiger partial charge in [-0.05, 0) is 69.7 Å².